The lowest BCUT2D eigenvalue weighted by atomic mass is 10.3. The van der Waals surface area contributed by atoms with Crippen molar-refractivity contribution in [3.8, 4) is 5.75 Å². The number of hydrogen-bond acceptors (Lipinski definition) is 3. The van der Waals surface area contributed by atoms with Gasteiger partial charge < -0.3 is 15.8 Å². The number of anilines is 1. The fraction of sp³-hybridized carbons (Fsp3) is 0.273. The number of alkyl halides is 3. The van der Waals surface area contributed by atoms with Gasteiger partial charge >= 0.3 is 6.18 Å². The molecular weight excluding hydrogens is 281 g/mol. The van der Waals surface area contributed by atoms with E-state index in [9.17, 15) is 18.0 Å². The van der Waals surface area contributed by atoms with Crippen LogP contribution in [0.5, 0.6) is 5.75 Å². The predicted molar refractivity (Wildman–Crippen MR) is 68.0 cm³/mol. The van der Waals surface area contributed by atoms with E-state index >= 15 is 0 Å². The molecule has 0 fully saturated rings. The van der Waals surface area contributed by atoms with Gasteiger partial charge in [-0.3, -0.25) is 4.79 Å². The molecule has 1 amide bonds. The number of ether oxygens (including phenoxy) is 1. The lowest BCUT2D eigenvalue weighted by molar-refractivity contribution is -0.150. The van der Waals surface area contributed by atoms with Crippen LogP contribution in [0.3, 0.4) is 0 Å². The Hall–Kier alpha value is -1.83. The summed E-state index contributed by atoms with van der Waals surface area (Å²) < 4.78 is 41.1. The van der Waals surface area contributed by atoms with E-state index in [0.29, 0.717) is 5.75 Å². The lowest BCUT2D eigenvalue weighted by Crippen LogP contribution is -2.21. The summed E-state index contributed by atoms with van der Waals surface area (Å²) in [5.41, 5.74) is 5.44. The third kappa shape index (κ3) is 6.61. The summed E-state index contributed by atoms with van der Waals surface area (Å²) in [6.45, 7) is 0.00921. The summed E-state index contributed by atoms with van der Waals surface area (Å²) in [5.74, 6) is -0.795. The van der Waals surface area contributed by atoms with Crippen LogP contribution in [0.15, 0.2) is 24.3 Å². The smallest absolute Gasteiger partial charge is 0.397 e. The summed E-state index contributed by atoms with van der Waals surface area (Å²) in [6, 6.07) is 5.92. The van der Waals surface area contributed by atoms with E-state index in [-0.39, 0.29) is 17.3 Å². The second-order valence-electron chi connectivity index (χ2n) is 3.62. The molecule has 0 aliphatic carbocycles. The molecule has 1 aromatic carbocycles. The van der Waals surface area contributed by atoms with E-state index in [1.165, 1.54) is 18.2 Å². The quantitative estimate of drug-likeness (QED) is 0.817. The van der Waals surface area contributed by atoms with Crippen LogP contribution in [-0.4, -0.2) is 23.7 Å². The summed E-state index contributed by atoms with van der Waals surface area (Å²) in [7, 11) is 0. The van der Waals surface area contributed by atoms with Crippen molar-refractivity contribution in [2.75, 3.05) is 11.9 Å². The first-order valence-corrected chi connectivity index (χ1v) is 5.55. The van der Waals surface area contributed by atoms with E-state index in [0.717, 1.165) is 0 Å². The van der Waals surface area contributed by atoms with Crippen molar-refractivity contribution in [2.24, 2.45) is 5.73 Å². The molecule has 1 rings (SSSR count). The van der Waals surface area contributed by atoms with E-state index in [1.807, 2.05) is 0 Å². The van der Waals surface area contributed by atoms with Crippen molar-refractivity contribution in [3.63, 3.8) is 0 Å². The van der Waals surface area contributed by atoms with Crippen LogP contribution in [-0.2, 0) is 4.79 Å². The second-order valence-corrected chi connectivity index (χ2v) is 4.15. The molecule has 0 atom stereocenters. The number of carbonyl (C=O) groups is 1. The third-order valence-corrected chi connectivity index (χ3v) is 1.98. The monoisotopic (exact) mass is 292 g/mol. The average molecular weight is 292 g/mol. The number of nitrogens with one attached hydrogen (secondary N) is 1. The molecule has 8 heteroatoms. The van der Waals surface area contributed by atoms with Gasteiger partial charge in [0.15, 0.2) is 0 Å². The summed E-state index contributed by atoms with van der Waals surface area (Å²) >= 11 is 4.62. The first-order valence-electron chi connectivity index (χ1n) is 5.14. The molecule has 0 bridgehead atoms. The molecule has 4 nitrogen and oxygen atoms in total. The Morgan fingerprint density at radius 1 is 1.42 bits per heavy atom. The molecule has 0 aliphatic heterocycles. The molecule has 1 aromatic rings. The van der Waals surface area contributed by atoms with E-state index in [1.54, 1.807) is 6.07 Å². The van der Waals surface area contributed by atoms with Crippen LogP contribution in [0.2, 0.25) is 0 Å². The lowest BCUT2D eigenvalue weighted by Gasteiger charge is -2.09. The minimum absolute atomic E-state index is 0.00921. The van der Waals surface area contributed by atoms with Crippen molar-refractivity contribution in [1.29, 1.82) is 0 Å². The number of benzene rings is 1. The number of carbonyl (C=O) groups excluding carboxylic acids is 1. The van der Waals surface area contributed by atoms with Crippen molar-refractivity contribution >= 4 is 28.8 Å². The highest BCUT2D eigenvalue weighted by Crippen LogP contribution is 2.22. The number of halogens is 3. The van der Waals surface area contributed by atoms with Crippen molar-refractivity contribution in [1.82, 2.24) is 0 Å². The highest BCUT2D eigenvalue weighted by molar-refractivity contribution is 7.80. The largest absolute Gasteiger partial charge is 0.486 e. The fourth-order valence-electron chi connectivity index (χ4n) is 1.21. The summed E-state index contributed by atoms with van der Waals surface area (Å²) in [5, 5.41) is 2.12. The van der Waals surface area contributed by atoms with Gasteiger partial charge in [0.05, 0.1) is 0 Å². The Balaban J connectivity index is 2.61. The predicted octanol–water partition coefficient (Wildman–Crippen LogP) is 2.24. The number of nitrogens with two attached hydrogens (primary N) is 1. The first-order chi connectivity index (χ1) is 8.76. The zero-order valence-electron chi connectivity index (χ0n) is 9.66. The highest BCUT2D eigenvalue weighted by atomic mass is 32.1. The molecule has 0 unspecified atom stereocenters. The maximum Gasteiger partial charge on any atom is 0.397 e. The number of amides is 1. The maximum absolute atomic E-state index is 12.0. The van der Waals surface area contributed by atoms with Crippen LogP contribution in [0, 0.1) is 0 Å². The molecule has 104 valence electrons. The van der Waals surface area contributed by atoms with Crippen molar-refractivity contribution in [3.05, 3.63) is 24.3 Å². The molecule has 0 aromatic heterocycles. The highest BCUT2D eigenvalue weighted by Gasteiger charge is 2.31. The van der Waals surface area contributed by atoms with Gasteiger partial charge in [0.1, 0.15) is 23.8 Å². The molecule has 19 heavy (non-hydrogen) atoms. The average Bonchev–Trinajstić information content (AvgIpc) is 2.24. The molecule has 0 spiro atoms. The first kappa shape index (κ1) is 15.2. The number of rotatable bonds is 5. The number of hydrogen-bond donors (Lipinski definition) is 2. The summed E-state index contributed by atoms with van der Waals surface area (Å²) in [4.78, 5) is 11.2. The minimum Gasteiger partial charge on any atom is -0.486 e. The van der Waals surface area contributed by atoms with Crippen LogP contribution >= 0.6 is 12.2 Å². The molecule has 0 saturated carbocycles. The molecule has 0 aliphatic rings. The van der Waals surface area contributed by atoms with Gasteiger partial charge in [-0.25, -0.2) is 0 Å². The zero-order valence-corrected chi connectivity index (χ0v) is 10.5. The Labute approximate surface area is 112 Å². The van der Waals surface area contributed by atoms with Gasteiger partial charge in [-0.1, -0.05) is 18.3 Å². The Morgan fingerprint density at radius 2 is 2.11 bits per heavy atom. The zero-order chi connectivity index (χ0) is 14.5. The van der Waals surface area contributed by atoms with Crippen LogP contribution in [0.4, 0.5) is 18.9 Å². The van der Waals surface area contributed by atoms with Crippen molar-refractivity contribution in [2.45, 2.75) is 12.6 Å². The number of thiocarbonyl (C=S) groups is 1. The molecular formula is C11H11F3N2O2S. The Bertz CT molecular complexity index is 477. The Kier molecular flexibility index (Phi) is 5.11. The van der Waals surface area contributed by atoms with Gasteiger partial charge in [0, 0.05) is 11.8 Å². The van der Waals surface area contributed by atoms with Gasteiger partial charge in [-0.05, 0) is 12.1 Å². The van der Waals surface area contributed by atoms with Crippen LogP contribution in [0.1, 0.15) is 6.42 Å². The normalized spacial score (nSPS) is 10.9. The van der Waals surface area contributed by atoms with Crippen LogP contribution < -0.4 is 15.8 Å². The second kappa shape index (κ2) is 6.37. The molecule has 3 N–H and O–H groups in total. The summed E-state index contributed by atoms with van der Waals surface area (Å²) in [6.07, 6.45) is -6.07. The SMILES string of the molecule is NC(=S)COc1cccc(NC(=O)CC(F)(F)F)c1. The molecule has 0 heterocycles. The molecule has 0 radical (unpaired) electrons. The van der Waals surface area contributed by atoms with E-state index in [4.69, 9.17) is 10.5 Å². The maximum atomic E-state index is 12.0. The molecule has 0 saturated heterocycles. The fourth-order valence-corrected chi connectivity index (χ4v) is 1.26. The van der Waals surface area contributed by atoms with Gasteiger partial charge in [0.2, 0.25) is 5.91 Å². The van der Waals surface area contributed by atoms with E-state index in [2.05, 4.69) is 17.5 Å². The van der Waals surface area contributed by atoms with Gasteiger partial charge in [-0.15, -0.1) is 0 Å². The van der Waals surface area contributed by atoms with Gasteiger partial charge in [0.25, 0.3) is 0 Å². The van der Waals surface area contributed by atoms with Crippen LogP contribution in [0.25, 0.3) is 0 Å². The Morgan fingerprint density at radius 3 is 2.68 bits per heavy atom. The van der Waals surface area contributed by atoms with Gasteiger partial charge in [-0.2, -0.15) is 13.2 Å². The topological polar surface area (TPSA) is 64.3 Å². The standard InChI is InChI=1S/C11H11F3N2O2S/c12-11(13,14)5-10(17)16-7-2-1-3-8(4-7)18-6-9(15)19/h1-4H,5-6H2,(H2,15,19)(H,16,17). The minimum atomic E-state index is -4.54. The van der Waals surface area contributed by atoms with Crippen molar-refractivity contribution < 1.29 is 22.7 Å². The van der Waals surface area contributed by atoms with E-state index < -0.39 is 18.5 Å². The third-order valence-electron chi connectivity index (χ3n) is 1.86.